The Morgan fingerprint density at radius 2 is 1.43 bits per heavy atom. The third-order valence-corrected chi connectivity index (χ3v) is 4.27. The maximum absolute atomic E-state index is 4.68. The number of rotatable bonds is 7. The molecule has 4 rings (SSSR count). The molecule has 0 aliphatic carbocycles. The lowest BCUT2D eigenvalue weighted by atomic mass is 10.1. The van der Waals surface area contributed by atoms with Crippen molar-refractivity contribution < 1.29 is 0 Å². The summed E-state index contributed by atoms with van der Waals surface area (Å²) in [6.07, 6.45) is 1.78. The van der Waals surface area contributed by atoms with Crippen LogP contribution in [0.1, 0.15) is 11.3 Å². The fourth-order valence-electron chi connectivity index (χ4n) is 2.83. The number of nitrogens with one attached hydrogen (secondary N) is 2. The molecule has 0 atom stereocenters. The molecule has 5 nitrogen and oxygen atoms in total. The van der Waals surface area contributed by atoms with Crippen molar-refractivity contribution in [2.45, 2.75) is 13.1 Å². The molecule has 138 valence electrons. The quantitative estimate of drug-likeness (QED) is 0.493. The van der Waals surface area contributed by atoms with Crippen molar-refractivity contribution in [3.05, 3.63) is 102 Å². The van der Waals surface area contributed by atoms with E-state index in [1.165, 1.54) is 5.56 Å². The number of hydrogen-bond acceptors (Lipinski definition) is 5. The first kappa shape index (κ1) is 17.7. The first-order valence-corrected chi connectivity index (χ1v) is 9.23. The first-order valence-electron chi connectivity index (χ1n) is 9.23. The molecule has 0 unspecified atom stereocenters. The van der Waals surface area contributed by atoms with Crippen LogP contribution >= 0.6 is 0 Å². The summed E-state index contributed by atoms with van der Waals surface area (Å²) in [7, 11) is 0. The van der Waals surface area contributed by atoms with Crippen molar-refractivity contribution in [2.75, 3.05) is 10.6 Å². The zero-order valence-electron chi connectivity index (χ0n) is 15.4. The summed E-state index contributed by atoms with van der Waals surface area (Å²) in [5.74, 6) is 1.35. The van der Waals surface area contributed by atoms with Crippen LogP contribution in [0, 0.1) is 0 Å². The van der Waals surface area contributed by atoms with Gasteiger partial charge < -0.3 is 10.6 Å². The topological polar surface area (TPSA) is 62.7 Å². The maximum Gasteiger partial charge on any atom is 0.225 e. The van der Waals surface area contributed by atoms with Gasteiger partial charge in [0.05, 0.1) is 17.9 Å². The second-order valence-electron chi connectivity index (χ2n) is 6.34. The summed E-state index contributed by atoms with van der Waals surface area (Å²) in [5, 5.41) is 6.69. The molecule has 2 N–H and O–H groups in total. The molecule has 4 aromatic rings. The maximum atomic E-state index is 4.68. The second-order valence-corrected chi connectivity index (χ2v) is 6.34. The summed E-state index contributed by atoms with van der Waals surface area (Å²) in [5.41, 5.74) is 4.06. The highest BCUT2D eigenvalue weighted by molar-refractivity contribution is 5.64. The van der Waals surface area contributed by atoms with E-state index in [9.17, 15) is 0 Å². The van der Waals surface area contributed by atoms with Crippen molar-refractivity contribution in [3.63, 3.8) is 0 Å². The average Bonchev–Trinajstić information content (AvgIpc) is 2.78. The highest BCUT2D eigenvalue weighted by Gasteiger charge is 2.07. The van der Waals surface area contributed by atoms with E-state index >= 15 is 0 Å². The Labute approximate surface area is 164 Å². The molecule has 0 radical (unpaired) electrons. The first-order chi connectivity index (χ1) is 13.9. The summed E-state index contributed by atoms with van der Waals surface area (Å²) < 4.78 is 0. The zero-order valence-corrected chi connectivity index (χ0v) is 15.4. The van der Waals surface area contributed by atoms with Crippen molar-refractivity contribution in [1.29, 1.82) is 0 Å². The Kier molecular flexibility index (Phi) is 5.54. The molecule has 28 heavy (non-hydrogen) atoms. The lowest BCUT2D eigenvalue weighted by Crippen LogP contribution is -2.08. The van der Waals surface area contributed by atoms with E-state index in [2.05, 4.69) is 37.7 Å². The molecule has 0 saturated heterocycles. The third kappa shape index (κ3) is 4.71. The number of anilines is 2. The van der Waals surface area contributed by atoms with Crippen LogP contribution in [-0.2, 0) is 13.1 Å². The normalized spacial score (nSPS) is 10.4. The predicted octanol–water partition coefficient (Wildman–Crippen LogP) is 4.76. The third-order valence-electron chi connectivity index (χ3n) is 4.27. The van der Waals surface area contributed by atoms with Crippen LogP contribution in [0.4, 0.5) is 11.8 Å². The van der Waals surface area contributed by atoms with Gasteiger partial charge in [-0.2, -0.15) is 4.98 Å². The summed E-state index contributed by atoms with van der Waals surface area (Å²) in [6, 6.07) is 28.2. The van der Waals surface area contributed by atoms with Crippen molar-refractivity contribution >= 4 is 11.8 Å². The van der Waals surface area contributed by atoms with Crippen LogP contribution in [0.5, 0.6) is 0 Å². The lowest BCUT2D eigenvalue weighted by Gasteiger charge is -2.11. The van der Waals surface area contributed by atoms with Crippen molar-refractivity contribution in [3.8, 4) is 11.3 Å². The van der Waals surface area contributed by atoms with Gasteiger partial charge in [0, 0.05) is 24.4 Å². The van der Waals surface area contributed by atoms with E-state index in [0.29, 0.717) is 19.0 Å². The van der Waals surface area contributed by atoms with E-state index in [4.69, 9.17) is 0 Å². The van der Waals surface area contributed by atoms with Gasteiger partial charge in [0.25, 0.3) is 0 Å². The largest absolute Gasteiger partial charge is 0.366 e. The fourth-order valence-corrected chi connectivity index (χ4v) is 2.83. The Morgan fingerprint density at radius 1 is 0.679 bits per heavy atom. The minimum absolute atomic E-state index is 0.567. The number of nitrogens with zero attached hydrogens (tertiary/aromatic N) is 3. The van der Waals surface area contributed by atoms with Gasteiger partial charge in [-0.1, -0.05) is 66.7 Å². The molecule has 2 heterocycles. The van der Waals surface area contributed by atoms with Crippen LogP contribution in [0.25, 0.3) is 11.3 Å². The molecular formula is C23H21N5. The van der Waals surface area contributed by atoms with Gasteiger partial charge in [-0.3, -0.25) is 4.98 Å². The molecule has 0 amide bonds. The van der Waals surface area contributed by atoms with Crippen LogP contribution in [-0.4, -0.2) is 15.0 Å². The molecule has 0 aliphatic rings. The average molecular weight is 367 g/mol. The fraction of sp³-hybridized carbons (Fsp3) is 0.0870. The van der Waals surface area contributed by atoms with Gasteiger partial charge in [0.1, 0.15) is 5.82 Å². The monoisotopic (exact) mass is 367 g/mol. The smallest absolute Gasteiger partial charge is 0.225 e. The van der Waals surface area contributed by atoms with Crippen LogP contribution in [0.15, 0.2) is 91.1 Å². The molecule has 0 spiro atoms. The Balaban J connectivity index is 1.57. The predicted molar refractivity (Wildman–Crippen MR) is 113 cm³/mol. The lowest BCUT2D eigenvalue weighted by molar-refractivity contribution is 0.997. The minimum Gasteiger partial charge on any atom is -0.366 e. The summed E-state index contributed by atoms with van der Waals surface area (Å²) in [6.45, 7) is 1.27. The van der Waals surface area contributed by atoms with Gasteiger partial charge in [-0.25, -0.2) is 4.98 Å². The molecule has 0 fully saturated rings. The van der Waals surface area contributed by atoms with Gasteiger partial charge in [-0.15, -0.1) is 0 Å². The van der Waals surface area contributed by atoms with Crippen LogP contribution in [0.2, 0.25) is 0 Å². The minimum atomic E-state index is 0.567. The second kappa shape index (κ2) is 8.77. The summed E-state index contributed by atoms with van der Waals surface area (Å²) >= 11 is 0. The number of pyridine rings is 1. The van der Waals surface area contributed by atoms with Gasteiger partial charge in [0.15, 0.2) is 0 Å². The Morgan fingerprint density at radius 3 is 2.18 bits per heavy atom. The molecule has 5 heteroatoms. The van der Waals surface area contributed by atoms with Gasteiger partial charge >= 0.3 is 0 Å². The number of aromatic nitrogens is 3. The van der Waals surface area contributed by atoms with E-state index in [0.717, 1.165) is 22.8 Å². The van der Waals surface area contributed by atoms with Crippen molar-refractivity contribution in [2.24, 2.45) is 0 Å². The van der Waals surface area contributed by atoms with Crippen molar-refractivity contribution in [1.82, 2.24) is 15.0 Å². The highest BCUT2D eigenvalue weighted by Crippen LogP contribution is 2.22. The molecule has 2 aromatic carbocycles. The van der Waals surface area contributed by atoms with E-state index in [1.54, 1.807) is 6.20 Å². The summed E-state index contributed by atoms with van der Waals surface area (Å²) in [4.78, 5) is 13.7. The highest BCUT2D eigenvalue weighted by atomic mass is 15.1. The molecular weight excluding hydrogens is 346 g/mol. The standard InChI is InChI=1S/C23H21N5/c1-3-9-18(10-4-1)16-25-22-15-21(19-11-5-2-6-12-19)27-23(28-22)26-17-20-13-7-8-14-24-20/h1-15H,16-17H2,(H2,25,26,27,28). The zero-order chi connectivity index (χ0) is 19.0. The van der Waals surface area contributed by atoms with Crippen LogP contribution in [0.3, 0.4) is 0 Å². The van der Waals surface area contributed by atoms with E-state index in [1.807, 2.05) is 72.8 Å². The molecule has 0 aliphatic heterocycles. The molecule has 0 bridgehead atoms. The number of benzene rings is 2. The SMILES string of the molecule is c1ccc(CNc2cc(-c3ccccc3)nc(NCc3ccccn3)n2)cc1. The Bertz CT molecular complexity index is 943. The Hall–Kier alpha value is -3.73. The van der Waals surface area contributed by atoms with Crippen LogP contribution < -0.4 is 10.6 Å². The molecule has 0 saturated carbocycles. The van der Waals surface area contributed by atoms with E-state index in [-0.39, 0.29) is 0 Å². The number of hydrogen-bond donors (Lipinski definition) is 2. The van der Waals surface area contributed by atoms with Gasteiger partial charge in [-0.05, 0) is 17.7 Å². The van der Waals surface area contributed by atoms with Gasteiger partial charge in [0.2, 0.25) is 5.95 Å². The van der Waals surface area contributed by atoms with E-state index < -0.39 is 0 Å². The molecule has 2 aromatic heterocycles.